The fourth-order valence-electron chi connectivity index (χ4n) is 1.69. The van der Waals surface area contributed by atoms with Crippen molar-refractivity contribution in [2.24, 2.45) is 0 Å². The van der Waals surface area contributed by atoms with Gasteiger partial charge in [-0.2, -0.15) is 13.2 Å². The summed E-state index contributed by atoms with van der Waals surface area (Å²) in [6, 6.07) is 1.62. The van der Waals surface area contributed by atoms with Gasteiger partial charge in [0, 0.05) is 17.8 Å². The van der Waals surface area contributed by atoms with Crippen molar-refractivity contribution in [1.29, 1.82) is 0 Å². The van der Waals surface area contributed by atoms with Gasteiger partial charge in [-0.15, -0.1) is 0 Å². The van der Waals surface area contributed by atoms with Crippen molar-refractivity contribution in [2.45, 2.75) is 19.5 Å². The van der Waals surface area contributed by atoms with Gasteiger partial charge in [0.05, 0.1) is 5.56 Å². The summed E-state index contributed by atoms with van der Waals surface area (Å²) >= 11 is 0. The molecule has 2 aromatic heterocycles. The number of aromatic nitrogens is 2. The standard InChI is InChI=1S/C10H9F3N2/c1-2-6-7-3-4-14-9(7)15-5-8(6)10(11,12)13/h3-5H,2H2,1H3,(H,14,15). The summed E-state index contributed by atoms with van der Waals surface area (Å²) in [6.07, 6.45) is -1.51. The normalized spacial score (nSPS) is 12.3. The van der Waals surface area contributed by atoms with E-state index in [4.69, 9.17) is 0 Å². The zero-order valence-electron chi connectivity index (χ0n) is 8.02. The van der Waals surface area contributed by atoms with Gasteiger partial charge in [0.2, 0.25) is 0 Å². The minimum atomic E-state index is -4.33. The van der Waals surface area contributed by atoms with Gasteiger partial charge in [0.1, 0.15) is 5.65 Å². The average Bonchev–Trinajstić information content (AvgIpc) is 2.61. The Morgan fingerprint density at radius 1 is 1.40 bits per heavy atom. The van der Waals surface area contributed by atoms with Gasteiger partial charge in [-0.1, -0.05) is 6.92 Å². The Balaban J connectivity index is 2.75. The highest BCUT2D eigenvalue weighted by atomic mass is 19.4. The lowest BCUT2D eigenvalue weighted by atomic mass is 10.0. The van der Waals surface area contributed by atoms with Crippen LogP contribution in [0, 0.1) is 0 Å². The molecular weight excluding hydrogens is 205 g/mol. The summed E-state index contributed by atoms with van der Waals surface area (Å²) in [5, 5.41) is 0.548. The topological polar surface area (TPSA) is 28.7 Å². The van der Waals surface area contributed by atoms with Crippen molar-refractivity contribution in [2.75, 3.05) is 0 Å². The minimum Gasteiger partial charge on any atom is -0.346 e. The first-order valence-corrected chi connectivity index (χ1v) is 4.56. The summed E-state index contributed by atoms with van der Waals surface area (Å²) < 4.78 is 37.9. The SMILES string of the molecule is CCc1c(C(F)(F)F)cnc2[nH]ccc12. The molecule has 5 heteroatoms. The molecule has 0 bridgehead atoms. The summed E-state index contributed by atoms with van der Waals surface area (Å²) in [5.41, 5.74) is 0.158. The van der Waals surface area contributed by atoms with E-state index in [1.54, 1.807) is 19.2 Å². The molecule has 1 N–H and O–H groups in total. The third kappa shape index (κ3) is 1.58. The Bertz CT molecular complexity index is 485. The van der Waals surface area contributed by atoms with Crippen LogP contribution in [0.4, 0.5) is 13.2 Å². The maximum atomic E-state index is 12.6. The first-order chi connectivity index (χ1) is 7.04. The number of hydrogen-bond donors (Lipinski definition) is 1. The highest BCUT2D eigenvalue weighted by molar-refractivity contribution is 5.80. The number of fused-ring (bicyclic) bond motifs is 1. The number of hydrogen-bond acceptors (Lipinski definition) is 1. The number of nitrogens with one attached hydrogen (secondary N) is 1. The van der Waals surface area contributed by atoms with Gasteiger partial charge in [0.25, 0.3) is 0 Å². The van der Waals surface area contributed by atoms with E-state index in [2.05, 4.69) is 9.97 Å². The molecule has 2 heterocycles. The molecule has 0 aromatic carbocycles. The minimum absolute atomic E-state index is 0.300. The van der Waals surface area contributed by atoms with Crippen LogP contribution in [0.2, 0.25) is 0 Å². The predicted molar refractivity (Wildman–Crippen MR) is 50.5 cm³/mol. The molecular formula is C10H9F3N2. The molecule has 0 aliphatic carbocycles. The van der Waals surface area contributed by atoms with E-state index in [9.17, 15) is 13.2 Å². The van der Waals surface area contributed by atoms with Crippen LogP contribution in [0.1, 0.15) is 18.1 Å². The van der Waals surface area contributed by atoms with Gasteiger partial charge in [-0.25, -0.2) is 4.98 Å². The van der Waals surface area contributed by atoms with Gasteiger partial charge >= 0.3 is 6.18 Å². The molecule has 2 rings (SSSR count). The molecule has 15 heavy (non-hydrogen) atoms. The Morgan fingerprint density at radius 3 is 2.73 bits per heavy atom. The number of H-pyrrole nitrogens is 1. The fraction of sp³-hybridized carbons (Fsp3) is 0.300. The molecule has 0 radical (unpaired) electrons. The molecule has 2 aromatic rings. The van der Waals surface area contributed by atoms with Crippen molar-refractivity contribution in [3.8, 4) is 0 Å². The van der Waals surface area contributed by atoms with E-state index in [1.807, 2.05) is 0 Å². The number of pyridine rings is 1. The molecule has 80 valence electrons. The van der Waals surface area contributed by atoms with Crippen LogP contribution >= 0.6 is 0 Å². The molecule has 0 fully saturated rings. The monoisotopic (exact) mass is 214 g/mol. The van der Waals surface area contributed by atoms with E-state index in [0.29, 0.717) is 23.0 Å². The number of halogens is 3. The lowest BCUT2D eigenvalue weighted by molar-refractivity contribution is -0.138. The van der Waals surface area contributed by atoms with Gasteiger partial charge in [-0.05, 0) is 18.1 Å². The first-order valence-electron chi connectivity index (χ1n) is 4.56. The van der Waals surface area contributed by atoms with Crippen LogP contribution in [-0.2, 0) is 12.6 Å². The van der Waals surface area contributed by atoms with Crippen LogP contribution in [0.3, 0.4) is 0 Å². The highest BCUT2D eigenvalue weighted by Gasteiger charge is 2.34. The molecule has 0 spiro atoms. The third-order valence-corrected chi connectivity index (χ3v) is 2.36. The zero-order valence-corrected chi connectivity index (χ0v) is 8.02. The van der Waals surface area contributed by atoms with E-state index in [0.717, 1.165) is 6.20 Å². The van der Waals surface area contributed by atoms with Crippen molar-refractivity contribution in [3.05, 3.63) is 29.6 Å². The van der Waals surface area contributed by atoms with Crippen molar-refractivity contribution < 1.29 is 13.2 Å². The lowest BCUT2D eigenvalue weighted by Gasteiger charge is -2.11. The summed E-state index contributed by atoms with van der Waals surface area (Å²) in [7, 11) is 0. The Labute approximate surface area is 84.1 Å². The molecule has 0 atom stereocenters. The van der Waals surface area contributed by atoms with E-state index < -0.39 is 11.7 Å². The number of aromatic amines is 1. The molecule has 0 unspecified atom stereocenters. The second kappa shape index (κ2) is 3.25. The quantitative estimate of drug-likeness (QED) is 0.776. The van der Waals surface area contributed by atoms with Gasteiger partial charge < -0.3 is 4.98 Å². The molecule has 0 saturated heterocycles. The zero-order chi connectivity index (χ0) is 11.1. The van der Waals surface area contributed by atoms with Gasteiger partial charge in [-0.3, -0.25) is 0 Å². The number of aryl methyl sites for hydroxylation is 1. The maximum absolute atomic E-state index is 12.6. The summed E-state index contributed by atoms with van der Waals surface area (Å²) in [6.45, 7) is 1.71. The molecule has 0 aliphatic heterocycles. The van der Waals surface area contributed by atoms with E-state index in [1.165, 1.54) is 0 Å². The summed E-state index contributed by atoms with van der Waals surface area (Å²) in [4.78, 5) is 6.54. The molecule has 0 amide bonds. The van der Waals surface area contributed by atoms with Crippen molar-refractivity contribution in [1.82, 2.24) is 9.97 Å². The lowest BCUT2D eigenvalue weighted by Crippen LogP contribution is -2.09. The Hall–Kier alpha value is -1.52. The molecule has 2 nitrogen and oxygen atoms in total. The van der Waals surface area contributed by atoms with Crippen LogP contribution in [0.5, 0.6) is 0 Å². The molecule has 0 saturated carbocycles. The van der Waals surface area contributed by atoms with E-state index >= 15 is 0 Å². The largest absolute Gasteiger partial charge is 0.418 e. The Morgan fingerprint density at radius 2 is 2.13 bits per heavy atom. The number of nitrogens with zero attached hydrogens (tertiary/aromatic N) is 1. The second-order valence-electron chi connectivity index (χ2n) is 3.24. The number of rotatable bonds is 1. The average molecular weight is 214 g/mol. The highest BCUT2D eigenvalue weighted by Crippen LogP contribution is 2.34. The van der Waals surface area contributed by atoms with Gasteiger partial charge in [0.15, 0.2) is 0 Å². The predicted octanol–water partition coefficient (Wildman–Crippen LogP) is 3.14. The maximum Gasteiger partial charge on any atom is 0.418 e. The third-order valence-electron chi connectivity index (χ3n) is 2.36. The number of alkyl halides is 3. The summed E-state index contributed by atoms with van der Waals surface area (Å²) in [5.74, 6) is 0. The molecule has 0 aliphatic rings. The van der Waals surface area contributed by atoms with Crippen molar-refractivity contribution >= 4 is 11.0 Å². The van der Waals surface area contributed by atoms with Crippen molar-refractivity contribution in [3.63, 3.8) is 0 Å². The van der Waals surface area contributed by atoms with Crippen LogP contribution in [0.25, 0.3) is 11.0 Å². The van der Waals surface area contributed by atoms with Crippen LogP contribution in [0.15, 0.2) is 18.5 Å². The van der Waals surface area contributed by atoms with E-state index in [-0.39, 0.29) is 0 Å². The second-order valence-corrected chi connectivity index (χ2v) is 3.24. The van der Waals surface area contributed by atoms with Crippen LogP contribution in [-0.4, -0.2) is 9.97 Å². The van der Waals surface area contributed by atoms with Crippen LogP contribution < -0.4 is 0 Å². The fourth-order valence-corrected chi connectivity index (χ4v) is 1.69. The smallest absolute Gasteiger partial charge is 0.346 e. The Kier molecular flexibility index (Phi) is 2.17. The first kappa shape index (κ1) is 10.0.